The van der Waals surface area contributed by atoms with Crippen molar-refractivity contribution in [1.82, 2.24) is 9.97 Å². The first kappa shape index (κ1) is 9.37. The molecule has 3 nitrogen and oxygen atoms in total. The Morgan fingerprint density at radius 3 is 2.86 bits per heavy atom. The molecule has 4 heteroatoms. The number of nitrogens with zero attached hydrogens (tertiary/aromatic N) is 2. The van der Waals surface area contributed by atoms with Crippen molar-refractivity contribution < 1.29 is 9.13 Å². The van der Waals surface area contributed by atoms with Gasteiger partial charge in [0.15, 0.2) is 0 Å². The number of ether oxygens (including phenoxy) is 1. The maximum Gasteiger partial charge on any atom is 0.230 e. The molecule has 0 aromatic carbocycles. The largest absolute Gasteiger partial charge is 0.446 e. The van der Waals surface area contributed by atoms with E-state index < -0.39 is 6.86 Å². The molecule has 1 saturated carbocycles. The Bertz CT molecular complexity index is 326. The van der Waals surface area contributed by atoms with Gasteiger partial charge in [-0.05, 0) is 19.3 Å². The normalized spacial score (nSPS) is 15.6. The summed E-state index contributed by atoms with van der Waals surface area (Å²) < 4.78 is 16.9. The van der Waals surface area contributed by atoms with Crippen LogP contribution in [0.3, 0.4) is 0 Å². The molecule has 0 spiro atoms. The predicted octanol–water partition coefficient (Wildman–Crippen LogP) is 2.22. The fourth-order valence-electron chi connectivity index (χ4n) is 1.63. The summed E-state index contributed by atoms with van der Waals surface area (Å²) in [5.41, 5.74) is 2.01. The zero-order valence-electron chi connectivity index (χ0n) is 8.16. The highest BCUT2D eigenvalue weighted by Crippen LogP contribution is 2.41. The summed E-state index contributed by atoms with van der Waals surface area (Å²) in [5.74, 6) is 0.960. The molecule has 0 amide bonds. The van der Waals surface area contributed by atoms with Crippen molar-refractivity contribution >= 4 is 0 Å². The summed E-state index contributed by atoms with van der Waals surface area (Å²) in [6.45, 7) is 1.18. The molecular weight excluding hydrogens is 183 g/mol. The quantitative estimate of drug-likeness (QED) is 0.740. The third-order valence-electron chi connectivity index (χ3n) is 2.45. The van der Waals surface area contributed by atoms with Gasteiger partial charge in [0.2, 0.25) is 12.7 Å². The van der Waals surface area contributed by atoms with Crippen molar-refractivity contribution in [2.45, 2.75) is 32.1 Å². The number of hydrogen-bond acceptors (Lipinski definition) is 3. The van der Waals surface area contributed by atoms with Gasteiger partial charge in [-0.3, -0.25) is 0 Å². The van der Waals surface area contributed by atoms with Gasteiger partial charge in [0.25, 0.3) is 0 Å². The zero-order chi connectivity index (χ0) is 9.97. The summed E-state index contributed by atoms with van der Waals surface area (Å²) in [7, 11) is 0. The van der Waals surface area contributed by atoms with Crippen LogP contribution in [-0.4, -0.2) is 16.8 Å². The van der Waals surface area contributed by atoms with E-state index in [9.17, 15) is 4.39 Å². The molecule has 76 valence electrons. The molecule has 2 rings (SSSR count). The molecule has 1 aromatic rings. The van der Waals surface area contributed by atoms with E-state index in [4.69, 9.17) is 4.74 Å². The van der Waals surface area contributed by atoms with E-state index in [1.54, 1.807) is 0 Å². The number of rotatable bonds is 4. The Labute approximate surface area is 82.3 Å². The lowest BCUT2D eigenvalue weighted by Crippen LogP contribution is -2.03. The van der Waals surface area contributed by atoms with Crippen LogP contribution in [-0.2, 0) is 6.42 Å². The Kier molecular flexibility index (Phi) is 2.61. The smallest absolute Gasteiger partial charge is 0.230 e. The van der Waals surface area contributed by atoms with Crippen LogP contribution in [0.2, 0.25) is 0 Å². The summed E-state index contributed by atoms with van der Waals surface area (Å²) in [6, 6.07) is 0. The average molecular weight is 196 g/mol. The minimum Gasteiger partial charge on any atom is -0.446 e. The minimum absolute atomic E-state index is 0.409. The molecule has 0 aliphatic heterocycles. The van der Waals surface area contributed by atoms with Crippen LogP contribution in [0.5, 0.6) is 5.88 Å². The van der Waals surface area contributed by atoms with Gasteiger partial charge in [-0.15, -0.1) is 0 Å². The van der Waals surface area contributed by atoms with E-state index in [1.165, 1.54) is 19.2 Å². The summed E-state index contributed by atoms with van der Waals surface area (Å²) in [4.78, 5) is 8.18. The second-order valence-electron chi connectivity index (χ2n) is 3.42. The third kappa shape index (κ3) is 1.69. The molecule has 0 bridgehead atoms. The van der Waals surface area contributed by atoms with E-state index in [2.05, 4.69) is 9.97 Å². The lowest BCUT2D eigenvalue weighted by atomic mass is 10.1. The van der Waals surface area contributed by atoms with Crippen LogP contribution in [0.25, 0.3) is 0 Å². The molecule has 1 heterocycles. The van der Waals surface area contributed by atoms with Crippen molar-refractivity contribution in [2.75, 3.05) is 6.86 Å². The minimum atomic E-state index is -0.825. The van der Waals surface area contributed by atoms with E-state index >= 15 is 0 Å². The molecule has 0 radical (unpaired) electrons. The van der Waals surface area contributed by atoms with Gasteiger partial charge in [-0.25, -0.2) is 14.4 Å². The van der Waals surface area contributed by atoms with Gasteiger partial charge in [0.05, 0.1) is 5.69 Å². The van der Waals surface area contributed by atoms with Crippen molar-refractivity contribution in [1.29, 1.82) is 0 Å². The van der Waals surface area contributed by atoms with Gasteiger partial charge in [0, 0.05) is 11.5 Å². The fourth-order valence-corrected chi connectivity index (χ4v) is 1.63. The highest BCUT2D eigenvalue weighted by Gasteiger charge is 2.28. The van der Waals surface area contributed by atoms with Gasteiger partial charge in [0.1, 0.15) is 6.33 Å². The second kappa shape index (κ2) is 3.90. The van der Waals surface area contributed by atoms with Crippen LogP contribution in [0.4, 0.5) is 4.39 Å². The maximum absolute atomic E-state index is 12.1. The SMILES string of the molecule is CCc1c(OCF)ncnc1C1CC1. The highest BCUT2D eigenvalue weighted by atomic mass is 19.1. The maximum atomic E-state index is 12.1. The molecule has 0 N–H and O–H groups in total. The first-order valence-corrected chi connectivity index (χ1v) is 4.89. The Balaban J connectivity index is 2.34. The zero-order valence-corrected chi connectivity index (χ0v) is 8.16. The lowest BCUT2D eigenvalue weighted by molar-refractivity contribution is 0.182. The van der Waals surface area contributed by atoms with Crippen LogP contribution in [0.1, 0.15) is 36.9 Å². The highest BCUT2D eigenvalue weighted by molar-refractivity contribution is 5.34. The van der Waals surface area contributed by atoms with Crippen LogP contribution in [0, 0.1) is 0 Å². The molecule has 1 aromatic heterocycles. The molecule has 1 aliphatic carbocycles. The summed E-state index contributed by atoms with van der Waals surface area (Å²) in [6.07, 6.45) is 4.61. The fraction of sp³-hybridized carbons (Fsp3) is 0.600. The number of halogens is 1. The second-order valence-corrected chi connectivity index (χ2v) is 3.42. The molecule has 1 fully saturated rings. The van der Waals surface area contributed by atoms with E-state index in [1.807, 2.05) is 6.92 Å². The van der Waals surface area contributed by atoms with Crippen molar-refractivity contribution in [3.8, 4) is 5.88 Å². The molecule has 1 aliphatic rings. The van der Waals surface area contributed by atoms with Gasteiger partial charge in [-0.2, -0.15) is 0 Å². The van der Waals surface area contributed by atoms with Crippen molar-refractivity contribution in [2.24, 2.45) is 0 Å². The van der Waals surface area contributed by atoms with Crippen molar-refractivity contribution in [3.05, 3.63) is 17.6 Å². The van der Waals surface area contributed by atoms with E-state index in [-0.39, 0.29) is 0 Å². The number of aromatic nitrogens is 2. The molecule has 0 atom stereocenters. The van der Waals surface area contributed by atoms with Gasteiger partial charge < -0.3 is 4.74 Å². The first-order valence-electron chi connectivity index (χ1n) is 4.89. The number of hydrogen-bond donors (Lipinski definition) is 0. The van der Waals surface area contributed by atoms with E-state index in [0.717, 1.165) is 17.7 Å². The Morgan fingerprint density at radius 1 is 1.50 bits per heavy atom. The van der Waals surface area contributed by atoms with Gasteiger partial charge in [-0.1, -0.05) is 6.92 Å². The average Bonchev–Trinajstić information content (AvgIpc) is 3.01. The van der Waals surface area contributed by atoms with E-state index in [0.29, 0.717) is 11.8 Å². The molecular formula is C10H13FN2O. The van der Waals surface area contributed by atoms with Crippen LogP contribution < -0.4 is 4.74 Å². The summed E-state index contributed by atoms with van der Waals surface area (Å²) >= 11 is 0. The lowest BCUT2D eigenvalue weighted by Gasteiger charge is -2.09. The number of alkyl halides is 1. The van der Waals surface area contributed by atoms with Crippen LogP contribution in [0.15, 0.2) is 6.33 Å². The standard InChI is InChI=1S/C10H13FN2O/c1-2-8-9(7-3-4-7)12-6-13-10(8)14-5-11/h6-7H,2-5H2,1H3. The predicted molar refractivity (Wildman–Crippen MR) is 50.0 cm³/mol. The van der Waals surface area contributed by atoms with Gasteiger partial charge >= 0.3 is 0 Å². The van der Waals surface area contributed by atoms with Crippen molar-refractivity contribution in [3.63, 3.8) is 0 Å². The molecule has 0 saturated heterocycles. The molecule has 14 heavy (non-hydrogen) atoms. The molecule has 0 unspecified atom stereocenters. The topological polar surface area (TPSA) is 35.0 Å². The Hall–Kier alpha value is -1.19. The monoisotopic (exact) mass is 196 g/mol. The summed E-state index contributed by atoms with van der Waals surface area (Å²) in [5, 5.41) is 0. The Morgan fingerprint density at radius 2 is 2.29 bits per heavy atom. The first-order chi connectivity index (χ1) is 6.86. The third-order valence-corrected chi connectivity index (χ3v) is 2.45. The van der Waals surface area contributed by atoms with Crippen LogP contribution >= 0.6 is 0 Å².